The molecule has 0 bridgehead atoms. The van der Waals surface area contributed by atoms with Crippen molar-refractivity contribution in [2.45, 2.75) is 26.3 Å². The molecule has 0 aliphatic rings. The second-order valence-electron chi connectivity index (χ2n) is 5.81. The van der Waals surface area contributed by atoms with Crippen LogP contribution < -0.4 is 9.62 Å². The number of rotatable bonds is 6. The van der Waals surface area contributed by atoms with Crippen molar-refractivity contribution in [2.24, 2.45) is 0 Å². The fraction of sp³-hybridized carbons (Fsp3) is 0.278. The first-order valence-corrected chi connectivity index (χ1v) is 10.1. The maximum Gasteiger partial charge on any atom is 0.248 e. The summed E-state index contributed by atoms with van der Waals surface area (Å²) in [4.78, 5) is 12.7. The van der Waals surface area contributed by atoms with Gasteiger partial charge in [0.1, 0.15) is 6.04 Å². The minimum atomic E-state index is -3.63. The molecule has 0 fully saturated rings. The standard InChI is InChI=1S/C18H21ClN2O3S/c1-4-17(18(22)20-15-9-7-14(19)8-10-15)21(25(3,23)24)16-11-5-13(2)6-12-16/h5-12,17H,4H2,1-3H3,(H,20,22)/t17-/m0/s1. The Hall–Kier alpha value is -2.05. The lowest BCUT2D eigenvalue weighted by atomic mass is 10.1. The van der Waals surface area contributed by atoms with Crippen molar-refractivity contribution in [3.05, 3.63) is 59.1 Å². The molecule has 1 atom stereocenters. The van der Waals surface area contributed by atoms with Crippen molar-refractivity contribution in [3.8, 4) is 0 Å². The zero-order valence-corrected chi connectivity index (χ0v) is 15.9. The first kappa shape index (κ1) is 19.3. The molecule has 2 aromatic rings. The Bertz CT molecular complexity index is 834. The van der Waals surface area contributed by atoms with E-state index in [1.807, 2.05) is 19.1 Å². The van der Waals surface area contributed by atoms with E-state index in [1.54, 1.807) is 43.3 Å². The van der Waals surface area contributed by atoms with Gasteiger partial charge in [0.05, 0.1) is 11.9 Å². The number of amides is 1. The third-order valence-corrected chi connectivity index (χ3v) is 5.16. The minimum Gasteiger partial charge on any atom is -0.324 e. The fourth-order valence-electron chi connectivity index (χ4n) is 2.51. The Balaban J connectivity index is 2.34. The number of carbonyl (C=O) groups excluding carboxylic acids is 1. The molecule has 2 aromatic carbocycles. The first-order chi connectivity index (χ1) is 11.7. The van der Waals surface area contributed by atoms with Gasteiger partial charge in [0, 0.05) is 10.7 Å². The summed E-state index contributed by atoms with van der Waals surface area (Å²) in [6.45, 7) is 3.69. The maximum atomic E-state index is 12.7. The predicted octanol–water partition coefficient (Wildman–Crippen LogP) is 3.83. The summed E-state index contributed by atoms with van der Waals surface area (Å²) in [6, 6.07) is 12.8. The molecule has 1 N–H and O–H groups in total. The van der Waals surface area contributed by atoms with Crippen molar-refractivity contribution >= 4 is 38.9 Å². The van der Waals surface area contributed by atoms with Crippen LogP contribution >= 0.6 is 11.6 Å². The van der Waals surface area contributed by atoms with Crippen LogP contribution in [0.5, 0.6) is 0 Å². The second kappa shape index (κ2) is 7.89. The number of halogens is 1. The Morgan fingerprint density at radius 3 is 2.16 bits per heavy atom. The molecule has 2 rings (SSSR count). The Morgan fingerprint density at radius 1 is 1.12 bits per heavy atom. The highest BCUT2D eigenvalue weighted by Crippen LogP contribution is 2.24. The van der Waals surface area contributed by atoms with Crippen LogP contribution in [0, 0.1) is 6.92 Å². The van der Waals surface area contributed by atoms with Crippen LogP contribution in [0.2, 0.25) is 5.02 Å². The van der Waals surface area contributed by atoms with Gasteiger partial charge in [0.25, 0.3) is 0 Å². The summed E-state index contributed by atoms with van der Waals surface area (Å²) in [7, 11) is -3.63. The largest absolute Gasteiger partial charge is 0.324 e. The van der Waals surface area contributed by atoms with Gasteiger partial charge >= 0.3 is 0 Å². The number of nitrogens with zero attached hydrogens (tertiary/aromatic N) is 1. The highest BCUT2D eigenvalue weighted by Gasteiger charge is 2.31. The van der Waals surface area contributed by atoms with Crippen LogP contribution in [-0.4, -0.2) is 26.6 Å². The number of hydrogen-bond donors (Lipinski definition) is 1. The summed E-state index contributed by atoms with van der Waals surface area (Å²) >= 11 is 5.84. The average molecular weight is 381 g/mol. The molecule has 0 heterocycles. The number of aryl methyl sites for hydroxylation is 1. The van der Waals surface area contributed by atoms with Crippen molar-refractivity contribution < 1.29 is 13.2 Å². The van der Waals surface area contributed by atoms with Gasteiger partial charge < -0.3 is 5.32 Å². The van der Waals surface area contributed by atoms with Crippen LogP contribution in [0.3, 0.4) is 0 Å². The van der Waals surface area contributed by atoms with E-state index < -0.39 is 22.0 Å². The number of anilines is 2. The average Bonchev–Trinajstić information content (AvgIpc) is 2.54. The van der Waals surface area contributed by atoms with Gasteiger partial charge in [-0.15, -0.1) is 0 Å². The van der Waals surface area contributed by atoms with Gasteiger partial charge in [-0.05, 0) is 49.7 Å². The van der Waals surface area contributed by atoms with Gasteiger partial charge in [0.2, 0.25) is 15.9 Å². The van der Waals surface area contributed by atoms with E-state index in [-0.39, 0.29) is 0 Å². The van der Waals surface area contributed by atoms with Crippen LogP contribution in [0.25, 0.3) is 0 Å². The number of nitrogens with one attached hydrogen (secondary N) is 1. The van der Waals surface area contributed by atoms with E-state index in [0.717, 1.165) is 16.1 Å². The highest BCUT2D eigenvalue weighted by molar-refractivity contribution is 7.92. The smallest absolute Gasteiger partial charge is 0.248 e. The van der Waals surface area contributed by atoms with Gasteiger partial charge in [0.15, 0.2) is 0 Å². The lowest BCUT2D eigenvalue weighted by Crippen LogP contribution is -2.47. The molecule has 0 aliphatic carbocycles. The molecule has 134 valence electrons. The fourth-order valence-corrected chi connectivity index (χ4v) is 3.85. The number of sulfonamides is 1. The molecule has 7 heteroatoms. The molecule has 0 unspecified atom stereocenters. The minimum absolute atomic E-state index is 0.334. The predicted molar refractivity (Wildman–Crippen MR) is 103 cm³/mol. The molecular weight excluding hydrogens is 360 g/mol. The normalized spacial score (nSPS) is 12.5. The van der Waals surface area contributed by atoms with Crippen LogP contribution in [-0.2, 0) is 14.8 Å². The van der Waals surface area contributed by atoms with Gasteiger partial charge in [-0.1, -0.05) is 36.2 Å². The maximum absolute atomic E-state index is 12.7. The Labute approximate surface area is 153 Å². The van der Waals surface area contributed by atoms with E-state index in [2.05, 4.69) is 5.32 Å². The zero-order valence-electron chi connectivity index (χ0n) is 14.4. The lowest BCUT2D eigenvalue weighted by molar-refractivity contribution is -0.117. The summed E-state index contributed by atoms with van der Waals surface area (Å²) in [5.41, 5.74) is 2.03. The van der Waals surface area contributed by atoms with E-state index in [9.17, 15) is 13.2 Å². The van der Waals surface area contributed by atoms with Crippen LogP contribution in [0.1, 0.15) is 18.9 Å². The van der Waals surface area contributed by atoms with E-state index in [0.29, 0.717) is 22.8 Å². The second-order valence-corrected chi connectivity index (χ2v) is 8.11. The van der Waals surface area contributed by atoms with Crippen molar-refractivity contribution in [3.63, 3.8) is 0 Å². The molecule has 0 saturated heterocycles. The molecule has 0 spiro atoms. The van der Waals surface area contributed by atoms with Gasteiger partial charge in [-0.2, -0.15) is 0 Å². The highest BCUT2D eigenvalue weighted by atomic mass is 35.5. The number of benzene rings is 2. The molecule has 0 aliphatic heterocycles. The number of carbonyl (C=O) groups is 1. The van der Waals surface area contributed by atoms with E-state index >= 15 is 0 Å². The monoisotopic (exact) mass is 380 g/mol. The topological polar surface area (TPSA) is 66.5 Å². The van der Waals surface area contributed by atoms with Gasteiger partial charge in [-0.3, -0.25) is 9.10 Å². The van der Waals surface area contributed by atoms with Crippen LogP contribution in [0.4, 0.5) is 11.4 Å². The molecule has 0 radical (unpaired) electrons. The van der Waals surface area contributed by atoms with Crippen molar-refractivity contribution in [2.75, 3.05) is 15.9 Å². The Kier molecular flexibility index (Phi) is 6.08. The summed E-state index contributed by atoms with van der Waals surface area (Å²) in [6.07, 6.45) is 1.44. The third-order valence-electron chi connectivity index (χ3n) is 3.73. The lowest BCUT2D eigenvalue weighted by Gasteiger charge is -2.30. The molecule has 0 saturated carbocycles. The molecule has 1 amide bonds. The van der Waals surface area contributed by atoms with E-state index in [4.69, 9.17) is 11.6 Å². The summed E-state index contributed by atoms with van der Waals surface area (Å²) in [5, 5.41) is 3.31. The van der Waals surface area contributed by atoms with Gasteiger partial charge in [-0.25, -0.2) is 8.42 Å². The number of hydrogen-bond acceptors (Lipinski definition) is 3. The van der Waals surface area contributed by atoms with Crippen LogP contribution in [0.15, 0.2) is 48.5 Å². The molecule has 5 nitrogen and oxygen atoms in total. The van der Waals surface area contributed by atoms with E-state index in [1.165, 1.54) is 0 Å². The summed E-state index contributed by atoms with van der Waals surface area (Å²) < 4.78 is 25.9. The summed E-state index contributed by atoms with van der Waals surface area (Å²) in [5.74, 6) is -0.393. The quantitative estimate of drug-likeness (QED) is 0.828. The van der Waals surface area contributed by atoms with Crippen molar-refractivity contribution in [1.29, 1.82) is 0 Å². The zero-order chi connectivity index (χ0) is 18.6. The first-order valence-electron chi connectivity index (χ1n) is 7.85. The third kappa shape index (κ3) is 4.96. The SMILES string of the molecule is CC[C@@H](C(=O)Nc1ccc(Cl)cc1)N(c1ccc(C)cc1)S(C)(=O)=O. The Morgan fingerprint density at radius 2 is 1.68 bits per heavy atom. The molecule has 25 heavy (non-hydrogen) atoms. The molecular formula is C18H21ClN2O3S. The van der Waals surface area contributed by atoms with Crippen molar-refractivity contribution in [1.82, 2.24) is 0 Å². The molecule has 0 aromatic heterocycles.